The van der Waals surface area contributed by atoms with E-state index in [2.05, 4.69) is 15.0 Å². The van der Waals surface area contributed by atoms with Gasteiger partial charge >= 0.3 is 0 Å². The van der Waals surface area contributed by atoms with Crippen molar-refractivity contribution >= 4 is 27.5 Å². The van der Waals surface area contributed by atoms with Gasteiger partial charge in [-0.1, -0.05) is 0 Å². The summed E-state index contributed by atoms with van der Waals surface area (Å²) < 4.78 is 1.08. The highest BCUT2D eigenvalue weighted by molar-refractivity contribution is 7.16. The van der Waals surface area contributed by atoms with Crippen LogP contribution in [0.3, 0.4) is 0 Å². The number of carbonyl (C=O) groups excluding carboxylic acids is 1. The van der Waals surface area contributed by atoms with Crippen LogP contribution < -0.4 is 5.56 Å². The predicted octanol–water partition coefficient (Wildman–Crippen LogP) is 2.40. The van der Waals surface area contributed by atoms with Gasteiger partial charge < -0.3 is 9.88 Å². The molecule has 1 saturated heterocycles. The van der Waals surface area contributed by atoms with E-state index in [1.807, 2.05) is 23.1 Å². The standard InChI is InChI=1S/C17H16N4O2S/c22-16-7-13(18-9-19-16)12-2-1-5-21(8-12)17(23)11-3-4-15-14(6-11)20-10-24-15/h3-4,6-7,9-10,12H,1-2,5,8H2,(H,18,19,22). The number of amides is 1. The van der Waals surface area contributed by atoms with E-state index in [1.54, 1.807) is 16.8 Å². The fourth-order valence-electron chi connectivity index (χ4n) is 3.18. The molecule has 1 amide bonds. The van der Waals surface area contributed by atoms with Crippen molar-refractivity contribution in [3.8, 4) is 0 Å². The number of hydrogen-bond acceptors (Lipinski definition) is 5. The van der Waals surface area contributed by atoms with Gasteiger partial charge in [-0.25, -0.2) is 9.97 Å². The molecule has 1 aromatic carbocycles. The number of rotatable bonds is 2. The van der Waals surface area contributed by atoms with E-state index < -0.39 is 0 Å². The maximum Gasteiger partial charge on any atom is 0.253 e. The molecule has 1 fully saturated rings. The van der Waals surface area contributed by atoms with Crippen LogP contribution in [0.2, 0.25) is 0 Å². The Balaban J connectivity index is 1.56. The van der Waals surface area contributed by atoms with Gasteiger partial charge in [-0.3, -0.25) is 9.59 Å². The maximum absolute atomic E-state index is 12.8. The third kappa shape index (κ3) is 2.82. The van der Waals surface area contributed by atoms with Crippen molar-refractivity contribution in [2.24, 2.45) is 0 Å². The smallest absolute Gasteiger partial charge is 0.253 e. The van der Waals surface area contributed by atoms with E-state index in [0.29, 0.717) is 12.1 Å². The number of benzene rings is 1. The molecule has 24 heavy (non-hydrogen) atoms. The lowest BCUT2D eigenvalue weighted by atomic mass is 9.94. The van der Waals surface area contributed by atoms with Crippen molar-refractivity contribution in [1.29, 1.82) is 0 Å². The first-order valence-corrected chi connectivity index (χ1v) is 8.76. The highest BCUT2D eigenvalue weighted by atomic mass is 32.1. The number of carbonyl (C=O) groups is 1. The van der Waals surface area contributed by atoms with Crippen molar-refractivity contribution in [2.45, 2.75) is 18.8 Å². The van der Waals surface area contributed by atoms with Gasteiger partial charge in [0.2, 0.25) is 0 Å². The number of H-pyrrole nitrogens is 1. The van der Waals surface area contributed by atoms with Gasteiger partial charge in [0, 0.05) is 30.6 Å². The highest BCUT2D eigenvalue weighted by Gasteiger charge is 2.26. The van der Waals surface area contributed by atoms with Gasteiger partial charge in [0.1, 0.15) is 0 Å². The van der Waals surface area contributed by atoms with Gasteiger partial charge in [-0.05, 0) is 31.0 Å². The second-order valence-electron chi connectivity index (χ2n) is 5.96. The van der Waals surface area contributed by atoms with E-state index >= 15 is 0 Å². The monoisotopic (exact) mass is 340 g/mol. The number of nitrogens with one attached hydrogen (secondary N) is 1. The molecule has 2 aromatic heterocycles. The predicted molar refractivity (Wildman–Crippen MR) is 92.4 cm³/mol. The van der Waals surface area contributed by atoms with E-state index in [0.717, 1.165) is 35.3 Å². The van der Waals surface area contributed by atoms with Crippen LogP contribution in [0.25, 0.3) is 10.2 Å². The molecule has 1 N–H and O–H groups in total. The molecule has 1 aliphatic rings. The Labute approximate surface area is 142 Å². The molecule has 0 radical (unpaired) electrons. The largest absolute Gasteiger partial charge is 0.338 e. The fourth-order valence-corrected chi connectivity index (χ4v) is 3.84. The van der Waals surface area contributed by atoms with Crippen LogP contribution in [0.1, 0.15) is 34.8 Å². The molecule has 0 bridgehead atoms. The number of nitrogens with zero attached hydrogens (tertiary/aromatic N) is 3. The molecule has 122 valence electrons. The van der Waals surface area contributed by atoms with E-state index in [-0.39, 0.29) is 17.4 Å². The second kappa shape index (κ2) is 6.16. The molecule has 0 spiro atoms. The Morgan fingerprint density at radius 3 is 3.08 bits per heavy atom. The molecular weight excluding hydrogens is 324 g/mol. The van der Waals surface area contributed by atoms with Crippen LogP contribution in [-0.4, -0.2) is 38.8 Å². The zero-order valence-corrected chi connectivity index (χ0v) is 13.8. The zero-order chi connectivity index (χ0) is 16.5. The van der Waals surface area contributed by atoms with Crippen LogP contribution in [0.15, 0.2) is 40.9 Å². The van der Waals surface area contributed by atoms with Crippen LogP contribution in [0, 0.1) is 0 Å². The molecule has 3 aromatic rings. The summed E-state index contributed by atoms with van der Waals surface area (Å²) in [6, 6.07) is 7.18. The van der Waals surface area contributed by atoms with Crippen LogP contribution in [0.5, 0.6) is 0 Å². The zero-order valence-electron chi connectivity index (χ0n) is 12.9. The maximum atomic E-state index is 12.8. The number of aromatic nitrogens is 3. The summed E-state index contributed by atoms with van der Waals surface area (Å²) in [5.41, 5.74) is 3.90. The summed E-state index contributed by atoms with van der Waals surface area (Å²) in [7, 11) is 0. The van der Waals surface area contributed by atoms with Gasteiger partial charge in [0.05, 0.1) is 27.7 Å². The van der Waals surface area contributed by atoms with E-state index in [1.165, 1.54) is 12.4 Å². The van der Waals surface area contributed by atoms with Gasteiger partial charge in [0.15, 0.2) is 0 Å². The molecule has 7 heteroatoms. The number of thiazole rings is 1. The Kier molecular flexibility index (Phi) is 3.86. The summed E-state index contributed by atoms with van der Waals surface area (Å²) in [5.74, 6) is 0.118. The molecule has 0 saturated carbocycles. The number of likely N-dealkylation sites (tertiary alicyclic amines) is 1. The van der Waals surface area contributed by atoms with Crippen LogP contribution in [-0.2, 0) is 0 Å². The Bertz CT molecular complexity index is 949. The summed E-state index contributed by atoms with van der Waals surface area (Å²) in [6.45, 7) is 1.32. The third-order valence-electron chi connectivity index (χ3n) is 4.40. The molecule has 0 aliphatic carbocycles. The number of aromatic amines is 1. The average molecular weight is 340 g/mol. The second-order valence-corrected chi connectivity index (χ2v) is 6.85. The Hall–Kier alpha value is -2.54. The minimum Gasteiger partial charge on any atom is -0.338 e. The first-order chi connectivity index (χ1) is 11.7. The lowest BCUT2D eigenvalue weighted by Crippen LogP contribution is -2.39. The van der Waals surface area contributed by atoms with Crippen molar-refractivity contribution < 1.29 is 4.79 Å². The van der Waals surface area contributed by atoms with Crippen molar-refractivity contribution in [1.82, 2.24) is 19.9 Å². The Morgan fingerprint density at radius 2 is 2.21 bits per heavy atom. The topological polar surface area (TPSA) is 79.0 Å². The molecule has 4 rings (SSSR count). The first-order valence-electron chi connectivity index (χ1n) is 7.88. The number of fused-ring (bicyclic) bond motifs is 1. The summed E-state index contributed by atoms with van der Waals surface area (Å²) >= 11 is 1.57. The molecule has 1 unspecified atom stereocenters. The highest BCUT2D eigenvalue weighted by Crippen LogP contribution is 2.26. The van der Waals surface area contributed by atoms with Gasteiger partial charge in [-0.2, -0.15) is 0 Å². The van der Waals surface area contributed by atoms with E-state index in [4.69, 9.17) is 0 Å². The molecule has 6 nitrogen and oxygen atoms in total. The summed E-state index contributed by atoms with van der Waals surface area (Å²) in [4.78, 5) is 37.2. The number of piperidine rings is 1. The quantitative estimate of drug-likeness (QED) is 0.777. The minimum atomic E-state index is -0.155. The summed E-state index contributed by atoms with van der Waals surface area (Å²) in [5, 5.41) is 0. The lowest BCUT2D eigenvalue weighted by Gasteiger charge is -2.32. The number of hydrogen-bond donors (Lipinski definition) is 1. The SMILES string of the molecule is O=C(c1ccc2scnc2c1)N1CCCC(c2cc(=O)[nH]cn2)C1. The average Bonchev–Trinajstić information content (AvgIpc) is 3.09. The first kappa shape index (κ1) is 15.0. The van der Waals surface area contributed by atoms with Crippen LogP contribution in [0.4, 0.5) is 0 Å². The molecule has 3 heterocycles. The van der Waals surface area contributed by atoms with E-state index in [9.17, 15) is 9.59 Å². The van der Waals surface area contributed by atoms with Crippen LogP contribution >= 0.6 is 11.3 Å². The normalized spacial score (nSPS) is 18.0. The van der Waals surface area contributed by atoms with Crippen molar-refractivity contribution in [3.63, 3.8) is 0 Å². The van der Waals surface area contributed by atoms with Crippen molar-refractivity contribution in [3.05, 3.63) is 57.7 Å². The van der Waals surface area contributed by atoms with Gasteiger partial charge in [-0.15, -0.1) is 11.3 Å². The lowest BCUT2D eigenvalue weighted by molar-refractivity contribution is 0.0706. The molecule has 1 atom stereocenters. The molecule has 1 aliphatic heterocycles. The Morgan fingerprint density at radius 1 is 1.29 bits per heavy atom. The fraction of sp³-hybridized carbons (Fsp3) is 0.294. The third-order valence-corrected chi connectivity index (χ3v) is 5.21. The summed E-state index contributed by atoms with van der Waals surface area (Å²) in [6.07, 6.45) is 3.27. The van der Waals surface area contributed by atoms with Crippen molar-refractivity contribution in [2.75, 3.05) is 13.1 Å². The minimum absolute atomic E-state index is 0.0134. The molecular formula is C17H16N4O2S. The van der Waals surface area contributed by atoms with Gasteiger partial charge in [0.25, 0.3) is 11.5 Å².